The molecule has 0 radical (unpaired) electrons. The van der Waals surface area contributed by atoms with Gasteiger partial charge in [0, 0.05) is 37.4 Å². The molecule has 11 heteroatoms. The van der Waals surface area contributed by atoms with Crippen LogP contribution in [0.2, 0.25) is 0 Å². The van der Waals surface area contributed by atoms with Crippen LogP contribution in [0.1, 0.15) is 5.56 Å². The normalized spacial score (nSPS) is 16.7. The summed E-state index contributed by atoms with van der Waals surface area (Å²) in [5.74, 6) is 0.208. The molecule has 0 amide bonds. The molecular formula is C18H18F3N3O4S. The fraction of sp³-hybridized carbons (Fsp3) is 0.333. The number of rotatable bonds is 3. The first-order valence-corrected chi connectivity index (χ1v) is 10.3. The van der Waals surface area contributed by atoms with Crippen molar-refractivity contribution in [3.63, 3.8) is 0 Å². The van der Waals surface area contributed by atoms with Gasteiger partial charge in [0.05, 0.1) is 11.4 Å². The summed E-state index contributed by atoms with van der Waals surface area (Å²) in [5.41, 5.74) is -3.41. The molecule has 156 valence electrons. The van der Waals surface area contributed by atoms with Crippen molar-refractivity contribution in [2.45, 2.75) is 12.1 Å². The lowest BCUT2D eigenvalue weighted by atomic mass is 10.1. The Morgan fingerprint density at radius 1 is 1.03 bits per heavy atom. The molecule has 7 nitrogen and oxygen atoms in total. The third kappa shape index (κ3) is 3.79. The quantitative estimate of drug-likeness (QED) is 0.574. The number of nitrogens with zero attached hydrogens (tertiary/aromatic N) is 1. The van der Waals surface area contributed by atoms with Gasteiger partial charge >= 0.3 is 15.6 Å². The van der Waals surface area contributed by atoms with Gasteiger partial charge in [-0.1, -0.05) is 12.1 Å². The summed E-state index contributed by atoms with van der Waals surface area (Å²) in [6.45, 7) is 2.20. The zero-order chi connectivity index (χ0) is 20.6. The summed E-state index contributed by atoms with van der Waals surface area (Å²) in [5, 5.41) is 6.36. The van der Waals surface area contributed by atoms with Gasteiger partial charge in [-0.2, -0.15) is 21.6 Å². The standard InChI is InChI=1S/C18H18F3N3O4S/c19-18(20,21)29(25,26)28-16-6-5-13-12(17(16)24-9-7-22-8-10-24)11-27-15-4-2-1-3-14(15)23-13/h1-6,22-23H,7-11H2. The van der Waals surface area contributed by atoms with Crippen molar-refractivity contribution in [3.05, 3.63) is 42.0 Å². The maximum absolute atomic E-state index is 12.9. The second-order valence-corrected chi connectivity index (χ2v) is 8.11. The number of alkyl halides is 3. The largest absolute Gasteiger partial charge is 0.534 e. The Morgan fingerprint density at radius 2 is 1.76 bits per heavy atom. The topological polar surface area (TPSA) is 79.9 Å². The molecular weight excluding hydrogens is 411 g/mol. The number of piperazine rings is 1. The Kier molecular flexibility index (Phi) is 4.95. The van der Waals surface area contributed by atoms with E-state index in [2.05, 4.69) is 14.8 Å². The number of para-hydroxylation sites is 2. The summed E-state index contributed by atoms with van der Waals surface area (Å²) in [7, 11) is -5.80. The van der Waals surface area contributed by atoms with Crippen molar-refractivity contribution in [1.29, 1.82) is 0 Å². The predicted molar refractivity (Wildman–Crippen MR) is 101 cm³/mol. The molecule has 0 aromatic heterocycles. The molecule has 0 spiro atoms. The molecule has 2 aromatic rings. The number of anilines is 3. The molecule has 0 saturated carbocycles. The second-order valence-electron chi connectivity index (χ2n) is 6.57. The van der Waals surface area contributed by atoms with Crippen LogP contribution in [0.4, 0.5) is 30.2 Å². The van der Waals surface area contributed by atoms with Crippen molar-refractivity contribution in [1.82, 2.24) is 5.32 Å². The van der Waals surface area contributed by atoms with Gasteiger partial charge in [0.25, 0.3) is 0 Å². The highest BCUT2D eigenvalue weighted by atomic mass is 32.2. The minimum Gasteiger partial charge on any atom is -0.487 e. The Hall–Kier alpha value is -2.66. The summed E-state index contributed by atoms with van der Waals surface area (Å²) >= 11 is 0. The monoisotopic (exact) mass is 429 g/mol. The zero-order valence-electron chi connectivity index (χ0n) is 15.1. The predicted octanol–water partition coefficient (Wildman–Crippen LogP) is 2.96. The lowest BCUT2D eigenvalue weighted by Gasteiger charge is -2.32. The first-order valence-electron chi connectivity index (χ1n) is 8.87. The SMILES string of the molecule is O=S(=O)(Oc1ccc2c(c1N1CCNCC1)COc1ccccc1N2)C(F)(F)F. The summed E-state index contributed by atoms with van der Waals surface area (Å²) in [6, 6.07) is 9.94. The van der Waals surface area contributed by atoms with Crippen LogP contribution in [-0.2, 0) is 16.7 Å². The van der Waals surface area contributed by atoms with Crippen LogP contribution in [0.3, 0.4) is 0 Å². The Labute approximate surface area is 165 Å². The summed E-state index contributed by atoms with van der Waals surface area (Å²) in [6.07, 6.45) is 0. The van der Waals surface area contributed by atoms with Gasteiger partial charge in [-0.05, 0) is 24.3 Å². The highest BCUT2D eigenvalue weighted by Crippen LogP contribution is 2.43. The highest BCUT2D eigenvalue weighted by molar-refractivity contribution is 7.88. The molecule has 2 heterocycles. The fourth-order valence-corrected chi connectivity index (χ4v) is 3.80. The molecule has 29 heavy (non-hydrogen) atoms. The van der Waals surface area contributed by atoms with Crippen molar-refractivity contribution in [2.24, 2.45) is 0 Å². The van der Waals surface area contributed by atoms with Crippen LogP contribution in [0.15, 0.2) is 36.4 Å². The van der Waals surface area contributed by atoms with Crippen LogP contribution >= 0.6 is 0 Å². The number of ether oxygens (including phenoxy) is 1. The first kappa shape index (κ1) is 19.6. The second kappa shape index (κ2) is 7.30. The first-order chi connectivity index (χ1) is 13.8. The molecule has 0 bridgehead atoms. The molecule has 2 aliphatic heterocycles. The van der Waals surface area contributed by atoms with Gasteiger partial charge in [-0.15, -0.1) is 0 Å². The van der Waals surface area contributed by atoms with E-state index < -0.39 is 15.6 Å². The minimum absolute atomic E-state index is 0.0435. The lowest BCUT2D eigenvalue weighted by molar-refractivity contribution is -0.0499. The van der Waals surface area contributed by atoms with E-state index >= 15 is 0 Å². The molecule has 0 aliphatic carbocycles. The van der Waals surface area contributed by atoms with Crippen molar-refractivity contribution in [2.75, 3.05) is 36.4 Å². The third-order valence-corrected chi connectivity index (χ3v) is 5.66. The molecule has 2 aromatic carbocycles. The summed E-state index contributed by atoms with van der Waals surface area (Å²) in [4.78, 5) is 1.80. The molecule has 1 saturated heterocycles. The fourth-order valence-electron chi connectivity index (χ4n) is 3.34. The van der Waals surface area contributed by atoms with Crippen molar-refractivity contribution in [3.8, 4) is 11.5 Å². The van der Waals surface area contributed by atoms with Crippen molar-refractivity contribution >= 4 is 27.2 Å². The number of nitrogens with one attached hydrogen (secondary N) is 2. The van der Waals surface area contributed by atoms with E-state index in [1.165, 1.54) is 12.1 Å². The van der Waals surface area contributed by atoms with E-state index in [1.807, 2.05) is 12.1 Å². The molecule has 1 fully saturated rings. The number of hydrogen-bond donors (Lipinski definition) is 2. The van der Waals surface area contributed by atoms with E-state index in [9.17, 15) is 21.6 Å². The van der Waals surface area contributed by atoms with Gasteiger partial charge in [-0.25, -0.2) is 0 Å². The van der Waals surface area contributed by atoms with Crippen LogP contribution in [0.25, 0.3) is 0 Å². The summed E-state index contributed by atoms with van der Waals surface area (Å²) < 4.78 is 72.4. The highest BCUT2D eigenvalue weighted by Gasteiger charge is 2.49. The molecule has 4 rings (SSSR count). The number of hydrogen-bond acceptors (Lipinski definition) is 7. The number of fused-ring (bicyclic) bond motifs is 2. The lowest BCUT2D eigenvalue weighted by Crippen LogP contribution is -2.44. The molecule has 0 atom stereocenters. The van der Waals surface area contributed by atoms with Gasteiger partial charge in [0.15, 0.2) is 5.75 Å². The third-order valence-electron chi connectivity index (χ3n) is 4.69. The van der Waals surface area contributed by atoms with Crippen LogP contribution < -0.4 is 24.5 Å². The van der Waals surface area contributed by atoms with Crippen LogP contribution in [-0.4, -0.2) is 40.1 Å². The van der Waals surface area contributed by atoms with E-state index in [0.717, 1.165) is 0 Å². The van der Waals surface area contributed by atoms with Crippen molar-refractivity contribution < 1.29 is 30.5 Å². The molecule has 0 unspecified atom stereocenters. The van der Waals surface area contributed by atoms with E-state index in [1.54, 1.807) is 17.0 Å². The van der Waals surface area contributed by atoms with E-state index in [4.69, 9.17) is 4.74 Å². The average molecular weight is 429 g/mol. The Balaban J connectivity index is 1.81. The van der Waals surface area contributed by atoms with Gasteiger partial charge < -0.3 is 24.5 Å². The zero-order valence-corrected chi connectivity index (χ0v) is 15.9. The molecule has 2 aliphatic rings. The molecule has 2 N–H and O–H groups in total. The minimum atomic E-state index is -5.80. The Morgan fingerprint density at radius 3 is 2.48 bits per heavy atom. The Bertz CT molecular complexity index is 1020. The van der Waals surface area contributed by atoms with Crippen LogP contribution in [0, 0.1) is 0 Å². The van der Waals surface area contributed by atoms with Gasteiger partial charge in [0.2, 0.25) is 0 Å². The number of benzene rings is 2. The van der Waals surface area contributed by atoms with Gasteiger partial charge in [0.1, 0.15) is 12.4 Å². The average Bonchev–Trinajstić information content (AvgIpc) is 2.87. The van der Waals surface area contributed by atoms with Crippen LogP contribution in [0.5, 0.6) is 11.5 Å². The smallest absolute Gasteiger partial charge is 0.487 e. The maximum Gasteiger partial charge on any atom is 0.534 e. The van der Waals surface area contributed by atoms with E-state index in [0.29, 0.717) is 48.9 Å². The number of halogens is 3. The maximum atomic E-state index is 12.9. The van der Waals surface area contributed by atoms with E-state index in [-0.39, 0.29) is 18.0 Å². The van der Waals surface area contributed by atoms with Gasteiger partial charge in [-0.3, -0.25) is 0 Å².